The lowest BCUT2D eigenvalue weighted by atomic mass is 10.0. The van der Waals surface area contributed by atoms with Gasteiger partial charge in [-0.2, -0.15) is 0 Å². The predicted octanol–water partition coefficient (Wildman–Crippen LogP) is 2.10. The van der Waals surface area contributed by atoms with E-state index in [1.54, 1.807) is 0 Å². The van der Waals surface area contributed by atoms with Crippen LogP contribution >= 0.6 is 0 Å². The first kappa shape index (κ1) is 10.7. The molecule has 1 aliphatic heterocycles. The number of hydrogen-bond donors (Lipinski definition) is 1. The van der Waals surface area contributed by atoms with E-state index in [1.165, 1.54) is 0 Å². The Bertz CT molecular complexity index is 416. The summed E-state index contributed by atoms with van der Waals surface area (Å²) >= 11 is 0. The Morgan fingerprint density at radius 3 is 2.75 bits per heavy atom. The van der Waals surface area contributed by atoms with Crippen molar-refractivity contribution in [2.45, 2.75) is 19.4 Å². The summed E-state index contributed by atoms with van der Waals surface area (Å²) in [6.07, 6.45) is 12.6. The third-order valence-corrected chi connectivity index (χ3v) is 2.89. The summed E-state index contributed by atoms with van der Waals surface area (Å²) < 4.78 is 0. The second-order valence-electron chi connectivity index (χ2n) is 4.06. The van der Waals surface area contributed by atoms with Crippen LogP contribution in [0.4, 0.5) is 0 Å². The van der Waals surface area contributed by atoms with Gasteiger partial charge in [0.05, 0.1) is 0 Å². The van der Waals surface area contributed by atoms with E-state index >= 15 is 0 Å². The van der Waals surface area contributed by atoms with Crippen molar-refractivity contribution in [1.29, 1.82) is 0 Å². The second kappa shape index (κ2) is 4.39. The minimum atomic E-state index is -0.737. The molecule has 1 unspecified atom stereocenters. The minimum Gasteiger partial charge on any atom is -0.480 e. The fourth-order valence-corrected chi connectivity index (χ4v) is 1.83. The van der Waals surface area contributed by atoms with E-state index in [9.17, 15) is 4.79 Å². The van der Waals surface area contributed by atoms with Crippen molar-refractivity contribution in [3.8, 4) is 0 Å². The molecular weight excluding hydrogens is 202 g/mol. The average Bonchev–Trinajstić information content (AvgIpc) is 2.14. The van der Waals surface area contributed by atoms with Crippen molar-refractivity contribution in [1.82, 2.24) is 4.90 Å². The number of aliphatic carboxylic acids is 1. The van der Waals surface area contributed by atoms with Crippen molar-refractivity contribution < 1.29 is 9.90 Å². The van der Waals surface area contributed by atoms with Crippen LogP contribution in [0.5, 0.6) is 0 Å². The van der Waals surface area contributed by atoms with Gasteiger partial charge < -0.3 is 10.0 Å². The number of allylic oxidation sites excluding steroid dienone is 7. The number of carboxylic acid groups (broad SMARTS) is 1. The average molecular weight is 217 g/mol. The molecule has 1 fully saturated rings. The Morgan fingerprint density at radius 2 is 2.12 bits per heavy atom. The van der Waals surface area contributed by atoms with Gasteiger partial charge in [-0.3, -0.25) is 0 Å². The van der Waals surface area contributed by atoms with Crippen LogP contribution in [-0.4, -0.2) is 28.6 Å². The first-order valence-corrected chi connectivity index (χ1v) is 5.41. The molecular formula is C13H15NO2. The van der Waals surface area contributed by atoms with Gasteiger partial charge in [0, 0.05) is 12.2 Å². The molecule has 0 aromatic carbocycles. The van der Waals surface area contributed by atoms with Gasteiger partial charge in [-0.15, -0.1) is 0 Å². The van der Waals surface area contributed by atoms with E-state index in [0.717, 1.165) is 24.2 Å². The Hall–Kier alpha value is -1.77. The zero-order chi connectivity index (χ0) is 11.5. The molecule has 0 aromatic heterocycles. The smallest absolute Gasteiger partial charge is 0.326 e. The number of nitrogens with zero attached hydrogens (tertiary/aromatic N) is 1. The second-order valence-corrected chi connectivity index (χ2v) is 4.06. The summed E-state index contributed by atoms with van der Waals surface area (Å²) in [5, 5.41) is 8.99. The molecule has 1 aliphatic carbocycles. The van der Waals surface area contributed by atoms with Crippen LogP contribution in [0.25, 0.3) is 0 Å². The van der Waals surface area contributed by atoms with Crippen molar-refractivity contribution in [2.24, 2.45) is 0 Å². The van der Waals surface area contributed by atoms with Crippen LogP contribution in [0, 0.1) is 0 Å². The molecule has 2 aliphatic rings. The molecule has 16 heavy (non-hydrogen) atoms. The van der Waals surface area contributed by atoms with Crippen molar-refractivity contribution in [3.05, 3.63) is 47.7 Å². The Kier molecular flexibility index (Phi) is 2.95. The highest BCUT2D eigenvalue weighted by Gasteiger charge is 2.34. The van der Waals surface area contributed by atoms with E-state index in [-0.39, 0.29) is 6.04 Å². The van der Waals surface area contributed by atoms with Crippen molar-refractivity contribution in [3.63, 3.8) is 0 Å². The van der Waals surface area contributed by atoms with E-state index < -0.39 is 5.97 Å². The normalized spacial score (nSPS) is 34.6. The molecule has 0 saturated carbocycles. The third-order valence-electron chi connectivity index (χ3n) is 2.89. The van der Waals surface area contributed by atoms with Crippen LogP contribution in [0.2, 0.25) is 0 Å². The summed E-state index contributed by atoms with van der Waals surface area (Å²) in [4.78, 5) is 12.8. The number of carboxylic acids is 1. The first-order valence-electron chi connectivity index (χ1n) is 5.41. The lowest BCUT2D eigenvalue weighted by molar-refractivity contribution is -0.146. The summed E-state index contributed by atoms with van der Waals surface area (Å²) in [6.45, 7) is 2.85. The molecule has 1 N–H and O–H groups in total. The molecule has 1 heterocycles. The predicted molar refractivity (Wildman–Crippen MR) is 62.9 cm³/mol. The van der Waals surface area contributed by atoms with Gasteiger partial charge >= 0.3 is 5.97 Å². The topological polar surface area (TPSA) is 40.5 Å². The summed E-state index contributed by atoms with van der Waals surface area (Å²) in [7, 11) is 0. The van der Waals surface area contributed by atoms with Gasteiger partial charge in [-0.25, -0.2) is 4.79 Å². The lowest BCUT2D eigenvalue weighted by Gasteiger charge is -2.40. The first-order chi connectivity index (χ1) is 7.68. The van der Waals surface area contributed by atoms with Crippen molar-refractivity contribution >= 4 is 5.97 Å². The van der Waals surface area contributed by atoms with E-state index in [1.807, 2.05) is 48.3 Å². The quantitative estimate of drug-likeness (QED) is 0.770. The highest BCUT2D eigenvalue weighted by atomic mass is 16.4. The van der Waals surface area contributed by atoms with E-state index in [4.69, 9.17) is 5.11 Å². The molecule has 0 spiro atoms. The van der Waals surface area contributed by atoms with Gasteiger partial charge in [-0.1, -0.05) is 29.9 Å². The molecule has 0 bridgehead atoms. The number of rotatable bonds is 2. The standard InChI is InChI=1S/C13H15NO2/c1-10-4-2-3-5-11(7-6-10)14-9-8-12(14)13(15)16/h2-7,12H,8-9H2,1H3,(H,15,16)/b3-2?,4-2-,5-3-,7-6?,10-4?,10-6-,11-5?,11-7+. The van der Waals surface area contributed by atoms with Gasteiger partial charge in [0.2, 0.25) is 0 Å². The van der Waals surface area contributed by atoms with Gasteiger partial charge in [0.1, 0.15) is 6.04 Å². The molecule has 3 heteroatoms. The van der Waals surface area contributed by atoms with Gasteiger partial charge in [0.25, 0.3) is 0 Å². The zero-order valence-electron chi connectivity index (χ0n) is 9.26. The van der Waals surface area contributed by atoms with E-state index in [0.29, 0.717) is 0 Å². The Balaban J connectivity index is 2.18. The molecule has 0 aromatic rings. The molecule has 3 nitrogen and oxygen atoms in total. The van der Waals surface area contributed by atoms with Crippen molar-refractivity contribution in [2.75, 3.05) is 6.54 Å². The number of likely N-dealkylation sites (tertiary alicyclic amines) is 1. The van der Waals surface area contributed by atoms with Crippen LogP contribution in [-0.2, 0) is 4.79 Å². The van der Waals surface area contributed by atoms with Crippen LogP contribution in [0.3, 0.4) is 0 Å². The minimum absolute atomic E-state index is 0.354. The fourth-order valence-electron chi connectivity index (χ4n) is 1.83. The fraction of sp³-hybridized carbons (Fsp3) is 0.308. The summed E-state index contributed by atoms with van der Waals surface area (Å²) in [5.74, 6) is -0.737. The summed E-state index contributed by atoms with van der Waals surface area (Å²) in [5.41, 5.74) is 2.14. The molecule has 84 valence electrons. The Labute approximate surface area is 95.1 Å². The SMILES string of the molecule is CC1=C/C=C(N2CCC2C(=O)O)\C=C/C=C\1. The molecule has 0 amide bonds. The maximum absolute atomic E-state index is 10.9. The highest BCUT2D eigenvalue weighted by molar-refractivity contribution is 5.75. The van der Waals surface area contributed by atoms with Crippen LogP contribution in [0.15, 0.2) is 47.7 Å². The lowest BCUT2D eigenvalue weighted by Crippen LogP contribution is -2.51. The van der Waals surface area contributed by atoms with Gasteiger partial charge in [-0.05, 0) is 25.5 Å². The molecule has 0 radical (unpaired) electrons. The third kappa shape index (κ3) is 2.08. The number of carbonyl (C=O) groups is 1. The largest absolute Gasteiger partial charge is 0.480 e. The monoisotopic (exact) mass is 217 g/mol. The highest BCUT2D eigenvalue weighted by Crippen LogP contribution is 2.24. The molecule has 1 saturated heterocycles. The maximum Gasteiger partial charge on any atom is 0.326 e. The van der Waals surface area contributed by atoms with Crippen LogP contribution < -0.4 is 0 Å². The maximum atomic E-state index is 10.9. The van der Waals surface area contributed by atoms with E-state index in [2.05, 4.69) is 0 Å². The zero-order valence-corrected chi connectivity index (χ0v) is 9.26. The molecule has 1 atom stereocenters. The molecule has 2 rings (SSSR count). The Morgan fingerprint density at radius 1 is 1.38 bits per heavy atom. The summed E-state index contributed by atoms with van der Waals surface area (Å²) in [6, 6.07) is -0.354. The number of hydrogen-bond acceptors (Lipinski definition) is 2. The van der Waals surface area contributed by atoms with Gasteiger partial charge in [0.15, 0.2) is 0 Å². The van der Waals surface area contributed by atoms with Crippen LogP contribution in [0.1, 0.15) is 13.3 Å².